The van der Waals surface area contributed by atoms with Gasteiger partial charge in [-0.2, -0.15) is 13.9 Å². The molecule has 0 saturated carbocycles. The van der Waals surface area contributed by atoms with Crippen molar-refractivity contribution in [3.05, 3.63) is 34.6 Å². The first kappa shape index (κ1) is 17.1. The van der Waals surface area contributed by atoms with E-state index in [4.69, 9.17) is 4.74 Å². The quantitative estimate of drug-likeness (QED) is 0.656. The highest BCUT2D eigenvalue weighted by molar-refractivity contribution is 5.82. The molecule has 8 nitrogen and oxygen atoms in total. The van der Waals surface area contributed by atoms with E-state index < -0.39 is 11.5 Å². The third kappa shape index (κ3) is 3.38. The lowest BCUT2D eigenvalue weighted by atomic mass is 10.0. The van der Waals surface area contributed by atoms with Crippen LogP contribution in [0.4, 0.5) is 20.2 Å². The number of hydrogen-bond acceptors (Lipinski definition) is 6. The van der Waals surface area contributed by atoms with Gasteiger partial charge in [-0.25, -0.2) is 4.68 Å². The Kier molecular flexibility index (Phi) is 4.79. The van der Waals surface area contributed by atoms with Crippen LogP contribution >= 0.6 is 0 Å². The van der Waals surface area contributed by atoms with E-state index in [9.17, 15) is 18.9 Å². The molecule has 10 heteroatoms. The molecule has 1 aromatic carbocycles. The molecule has 0 aliphatic carbocycles. The Morgan fingerprint density at radius 1 is 1.36 bits per heavy atom. The van der Waals surface area contributed by atoms with Crippen molar-refractivity contribution in [2.45, 2.75) is 6.55 Å². The fraction of sp³-hybridized carbons (Fsp3) is 0.400. The van der Waals surface area contributed by atoms with Crippen LogP contribution in [-0.4, -0.2) is 48.0 Å². The average molecular weight is 353 g/mol. The molecule has 0 amide bonds. The van der Waals surface area contributed by atoms with Gasteiger partial charge in [0.1, 0.15) is 0 Å². The van der Waals surface area contributed by atoms with E-state index in [0.717, 1.165) is 13.1 Å². The number of ether oxygens (including phenoxy) is 1. The van der Waals surface area contributed by atoms with Crippen LogP contribution in [0.1, 0.15) is 6.55 Å². The Morgan fingerprint density at radius 3 is 2.64 bits per heavy atom. The van der Waals surface area contributed by atoms with Crippen molar-refractivity contribution < 1.29 is 18.4 Å². The third-order valence-electron chi connectivity index (χ3n) is 4.06. The van der Waals surface area contributed by atoms with Crippen LogP contribution in [0.5, 0.6) is 5.75 Å². The number of anilines is 1. The molecule has 0 radical (unpaired) electrons. The minimum absolute atomic E-state index is 0.128. The number of nitro groups is 1. The van der Waals surface area contributed by atoms with Crippen LogP contribution in [0.3, 0.4) is 0 Å². The van der Waals surface area contributed by atoms with Gasteiger partial charge in [0, 0.05) is 61.3 Å². The fourth-order valence-electron chi connectivity index (χ4n) is 2.85. The third-order valence-corrected chi connectivity index (χ3v) is 4.06. The van der Waals surface area contributed by atoms with E-state index in [1.807, 2.05) is 4.90 Å². The van der Waals surface area contributed by atoms with Gasteiger partial charge in [0.15, 0.2) is 5.75 Å². The summed E-state index contributed by atoms with van der Waals surface area (Å²) in [7, 11) is 1.36. The summed E-state index contributed by atoms with van der Waals surface area (Å²) in [5, 5.41) is 18.2. The lowest BCUT2D eigenvalue weighted by Crippen LogP contribution is -2.43. The Balaban J connectivity index is 2.14. The van der Waals surface area contributed by atoms with E-state index >= 15 is 0 Å². The smallest absolute Gasteiger partial charge is 0.333 e. The van der Waals surface area contributed by atoms with Crippen LogP contribution < -0.4 is 15.0 Å². The second-order valence-corrected chi connectivity index (χ2v) is 5.52. The summed E-state index contributed by atoms with van der Waals surface area (Å²) < 4.78 is 31.3. The molecule has 2 aromatic rings. The van der Waals surface area contributed by atoms with Crippen molar-refractivity contribution in [3.8, 4) is 16.9 Å². The van der Waals surface area contributed by atoms with Gasteiger partial charge < -0.3 is 15.0 Å². The highest BCUT2D eigenvalue weighted by Gasteiger charge is 2.24. The van der Waals surface area contributed by atoms with Crippen molar-refractivity contribution in [1.82, 2.24) is 15.1 Å². The molecule has 1 aliphatic rings. The molecule has 1 saturated heterocycles. The summed E-state index contributed by atoms with van der Waals surface area (Å²) in [6.07, 6.45) is 2.46. The number of rotatable bonds is 5. The average Bonchev–Trinajstić information content (AvgIpc) is 3.11. The summed E-state index contributed by atoms with van der Waals surface area (Å²) in [6, 6.07) is 2.93. The largest absolute Gasteiger partial charge is 0.490 e. The van der Waals surface area contributed by atoms with Gasteiger partial charge in [-0.3, -0.25) is 10.1 Å². The lowest BCUT2D eigenvalue weighted by molar-refractivity contribution is -0.385. The van der Waals surface area contributed by atoms with Gasteiger partial charge in [-0.15, -0.1) is 0 Å². The van der Waals surface area contributed by atoms with Crippen molar-refractivity contribution in [1.29, 1.82) is 0 Å². The van der Waals surface area contributed by atoms with Crippen LogP contribution in [0.25, 0.3) is 11.1 Å². The first-order valence-electron chi connectivity index (χ1n) is 7.66. The molecule has 134 valence electrons. The number of alkyl halides is 2. The van der Waals surface area contributed by atoms with Gasteiger partial charge in [0.25, 0.3) is 0 Å². The summed E-state index contributed by atoms with van der Waals surface area (Å²) in [5.41, 5.74) is 1.33. The molecule has 3 rings (SSSR count). The Hall–Kier alpha value is -2.75. The number of hydrogen-bond donors (Lipinski definition) is 1. The molecular formula is C15H17F2N5O3. The Morgan fingerprint density at radius 2 is 2.08 bits per heavy atom. The van der Waals surface area contributed by atoms with E-state index in [0.29, 0.717) is 34.6 Å². The van der Waals surface area contributed by atoms with Gasteiger partial charge >= 0.3 is 12.2 Å². The van der Waals surface area contributed by atoms with Gasteiger partial charge in [-0.1, -0.05) is 0 Å². The van der Waals surface area contributed by atoms with Crippen LogP contribution in [-0.2, 0) is 0 Å². The number of aromatic nitrogens is 2. The topological polar surface area (TPSA) is 85.5 Å². The number of halogens is 2. The number of nitro benzene ring substituents is 1. The summed E-state index contributed by atoms with van der Waals surface area (Å²) in [6.45, 7) is 0.127. The Labute approximate surface area is 142 Å². The zero-order valence-corrected chi connectivity index (χ0v) is 13.5. The summed E-state index contributed by atoms with van der Waals surface area (Å²) in [4.78, 5) is 12.8. The molecule has 1 fully saturated rings. The molecule has 0 spiro atoms. The van der Waals surface area contributed by atoms with Crippen molar-refractivity contribution >= 4 is 11.4 Å². The zero-order valence-electron chi connectivity index (χ0n) is 13.5. The minimum atomic E-state index is -2.77. The van der Waals surface area contributed by atoms with E-state index in [-0.39, 0.29) is 11.4 Å². The lowest BCUT2D eigenvalue weighted by Gasteiger charge is -2.31. The molecule has 1 aliphatic heterocycles. The number of methoxy groups -OCH3 is 1. The Bertz CT molecular complexity index is 775. The normalized spacial score (nSPS) is 14.8. The second-order valence-electron chi connectivity index (χ2n) is 5.52. The molecule has 0 unspecified atom stereocenters. The first-order chi connectivity index (χ1) is 12.0. The van der Waals surface area contributed by atoms with Crippen LogP contribution in [0.15, 0.2) is 24.5 Å². The highest BCUT2D eigenvalue weighted by Crippen LogP contribution is 2.40. The summed E-state index contributed by atoms with van der Waals surface area (Å²) >= 11 is 0. The zero-order chi connectivity index (χ0) is 18.0. The number of nitrogens with one attached hydrogen (secondary N) is 1. The van der Waals surface area contributed by atoms with E-state index in [1.165, 1.54) is 25.6 Å². The van der Waals surface area contributed by atoms with Crippen LogP contribution in [0, 0.1) is 10.1 Å². The molecule has 0 atom stereocenters. The van der Waals surface area contributed by atoms with Gasteiger partial charge in [0.2, 0.25) is 0 Å². The second kappa shape index (κ2) is 7.01. The van der Waals surface area contributed by atoms with Gasteiger partial charge in [0.05, 0.1) is 18.2 Å². The molecule has 1 aromatic heterocycles. The van der Waals surface area contributed by atoms with Crippen molar-refractivity contribution in [2.75, 3.05) is 38.2 Å². The van der Waals surface area contributed by atoms with E-state index in [2.05, 4.69) is 10.4 Å². The van der Waals surface area contributed by atoms with E-state index in [1.54, 1.807) is 6.07 Å². The standard InChI is InChI=1S/C15H17F2N5O3/c1-25-14-7-12(20-4-2-18-3-5-20)11(6-13(14)22(23)24)10-8-19-21(9-10)15(16)17/h6-9,15,18H,2-5H2,1H3. The number of benzene rings is 1. The SMILES string of the molecule is COc1cc(N2CCNCC2)c(-c2cnn(C(F)F)c2)cc1[N+](=O)[O-]. The van der Waals surface area contributed by atoms with Crippen molar-refractivity contribution in [2.24, 2.45) is 0 Å². The molecule has 25 heavy (non-hydrogen) atoms. The molecule has 0 bridgehead atoms. The monoisotopic (exact) mass is 353 g/mol. The maximum Gasteiger partial charge on any atom is 0.333 e. The predicted molar refractivity (Wildman–Crippen MR) is 87.2 cm³/mol. The predicted octanol–water partition coefficient (Wildman–Crippen LogP) is 2.27. The first-order valence-corrected chi connectivity index (χ1v) is 7.66. The number of piperazine rings is 1. The maximum atomic E-state index is 12.8. The van der Waals surface area contributed by atoms with Gasteiger partial charge in [-0.05, 0) is 0 Å². The fourth-order valence-corrected chi connectivity index (χ4v) is 2.85. The van der Waals surface area contributed by atoms with Crippen LogP contribution in [0.2, 0.25) is 0 Å². The maximum absolute atomic E-state index is 12.8. The summed E-state index contributed by atoms with van der Waals surface area (Å²) in [5.74, 6) is 0.128. The molecule has 1 N–H and O–H groups in total. The highest BCUT2D eigenvalue weighted by atomic mass is 19.3. The van der Waals surface area contributed by atoms with Crippen molar-refractivity contribution in [3.63, 3.8) is 0 Å². The molecule has 2 heterocycles. The minimum Gasteiger partial charge on any atom is -0.490 e. The molecular weight excluding hydrogens is 336 g/mol. The number of nitrogens with zero attached hydrogens (tertiary/aromatic N) is 4.